The summed E-state index contributed by atoms with van der Waals surface area (Å²) in [5.41, 5.74) is 3.77. The molecule has 0 saturated carbocycles. The SMILES string of the molecule is CC(=O)c1ccc(NC(=O)C(C)Sc2nc3ccccc3c(=O)n2Cc2ccc(C)cc2)cc1. The van der Waals surface area contributed by atoms with E-state index in [1.807, 2.05) is 43.3 Å². The minimum absolute atomic E-state index is 0.0317. The Morgan fingerprint density at radius 3 is 2.35 bits per heavy atom. The minimum Gasteiger partial charge on any atom is -0.325 e. The second kappa shape index (κ2) is 10.1. The van der Waals surface area contributed by atoms with Crippen molar-refractivity contribution in [1.82, 2.24) is 9.55 Å². The molecule has 3 aromatic carbocycles. The summed E-state index contributed by atoms with van der Waals surface area (Å²) in [7, 11) is 0. The first-order valence-corrected chi connectivity index (χ1v) is 11.8. The van der Waals surface area contributed by atoms with E-state index in [0.717, 1.165) is 11.1 Å². The number of fused-ring (bicyclic) bond motifs is 1. The van der Waals surface area contributed by atoms with Crippen LogP contribution in [-0.4, -0.2) is 26.5 Å². The summed E-state index contributed by atoms with van der Waals surface area (Å²) in [6, 6.07) is 22.0. The first-order valence-electron chi connectivity index (χ1n) is 11.0. The van der Waals surface area contributed by atoms with Crippen LogP contribution in [0.25, 0.3) is 10.9 Å². The number of anilines is 1. The lowest BCUT2D eigenvalue weighted by Gasteiger charge is -2.17. The highest BCUT2D eigenvalue weighted by Gasteiger charge is 2.20. The van der Waals surface area contributed by atoms with E-state index in [4.69, 9.17) is 4.98 Å². The van der Waals surface area contributed by atoms with E-state index in [0.29, 0.717) is 33.9 Å². The van der Waals surface area contributed by atoms with E-state index in [1.54, 1.807) is 47.9 Å². The van der Waals surface area contributed by atoms with E-state index >= 15 is 0 Å². The van der Waals surface area contributed by atoms with Crippen LogP contribution in [0, 0.1) is 6.92 Å². The highest BCUT2D eigenvalue weighted by atomic mass is 32.2. The molecule has 0 bridgehead atoms. The van der Waals surface area contributed by atoms with Crippen molar-refractivity contribution in [3.63, 3.8) is 0 Å². The number of hydrogen-bond donors (Lipinski definition) is 1. The summed E-state index contributed by atoms with van der Waals surface area (Å²) in [6.07, 6.45) is 0. The van der Waals surface area contributed by atoms with Crippen molar-refractivity contribution < 1.29 is 9.59 Å². The molecule has 1 heterocycles. The smallest absolute Gasteiger partial charge is 0.262 e. The largest absolute Gasteiger partial charge is 0.325 e. The maximum absolute atomic E-state index is 13.3. The molecule has 4 aromatic rings. The molecule has 1 amide bonds. The van der Waals surface area contributed by atoms with Crippen LogP contribution in [0.2, 0.25) is 0 Å². The number of benzene rings is 3. The van der Waals surface area contributed by atoms with Gasteiger partial charge in [-0.15, -0.1) is 0 Å². The maximum Gasteiger partial charge on any atom is 0.262 e. The van der Waals surface area contributed by atoms with Gasteiger partial charge in [-0.05, 0) is 62.7 Å². The number of ketones is 1. The lowest BCUT2D eigenvalue weighted by atomic mass is 10.1. The van der Waals surface area contributed by atoms with Crippen molar-refractivity contribution in [2.75, 3.05) is 5.32 Å². The van der Waals surface area contributed by atoms with Gasteiger partial charge >= 0.3 is 0 Å². The quantitative estimate of drug-likeness (QED) is 0.231. The Hall–Kier alpha value is -3.71. The number of carbonyl (C=O) groups is 2. The summed E-state index contributed by atoms with van der Waals surface area (Å²) in [6.45, 7) is 5.66. The van der Waals surface area contributed by atoms with Gasteiger partial charge in [0.25, 0.3) is 5.56 Å². The molecular formula is C27H25N3O3S. The molecule has 4 rings (SSSR count). The monoisotopic (exact) mass is 471 g/mol. The molecule has 0 aliphatic rings. The van der Waals surface area contributed by atoms with Crippen LogP contribution in [0.3, 0.4) is 0 Å². The number of hydrogen-bond acceptors (Lipinski definition) is 5. The summed E-state index contributed by atoms with van der Waals surface area (Å²) in [5, 5.41) is 3.39. The molecule has 7 heteroatoms. The normalized spacial score (nSPS) is 11.9. The molecule has 0 aliphatic carbocycles. The number of aryl methyl sites for hydroxylation is 1. The van der Waals surface area contributed by atoms with Gasteiger partial charge in [-0.1, -0.05) is 53.7 Å². The molecule has 1 atom stereocenters. The third-order valence-corrected chi connectivity index (χ3v) is 6.59. The minimum atomic E-state index is -0.509. The Bertz CT molecular complexity index is 1410. The van der Waals surface area contributed by atoms with Gasteiger partial charge in [-0.25, -0.2) is 4.98 Å². The average Bonchev–Trinajstić information content (AvgIpc) is 2.83. The summed E-state index contributed by atoms with van der Waals surface area (Å²) >= 11 is 1.24. The number of rotatable bonds is 7. The topological polar surface area (TPSA) is 81.1 Å². The Kier molecular flexibility index (Phi) is 6.93. The van der Waals surface area contributed by atoms with Crippen LogP contribution in [0.1, 0.15) is 35.3 Å². The van der Waals surface area contributed by atoms with Crippen molar-refractivity contribution >= 4 is 40.0 Å². The van der Waals surface area contributed by atoms with Crippen LogP contribution in [0.4, 0.5) is 5.69 Å². The van der Waals surface area contributed by atoms with Gasteiger partial charge in [0, 0.05) is 11.3 Å². The first-order chi connectivity index (χ1) is 16.3. The molecule has 1 unspecified atom stereocenters. The summed E-state index contributed by atoms with van der Waals surface area (Å²) in [5.74, 6) is -0.249. The number of nitrogens with one attached hydrogen (secondary N) is 1. The number of nitrogens with zero attached hydrogens (tertiary/aromatic N) is 2. The predicted molar refractivity (Wildman–Crippen MR) is 137 cm³/mol. The molecule has 0 spiro atoms. The third kappa shape index (κ3) is 5.26. The molecular weight excluding hydrogens is 446 g/mol. The van der Waals surface area contributed by atoms with E-state index < -0.39 is 5.25 Å². The number of Topliss-reactive ketones (excluding diaryl/α,β-unsaturated/α-hetero) is 1. The Balaban J connectivity index is 1.61. The fourth-order valence-corrected chi connectivity index (χ4v) is 4.40. The van der Waals surface area contributed by atoms with Gasteiger partial charge in [0.1, 0.15) is 0 Å². The molecule has 0 saturated heterocycles. The molecule has 0 aliphatic heterocycles. The number of amides is 1. The van der Waals surface area contributed by atoms with Crippen LogP contribution in [0.5, 0.6) is 0 Å². The second-order valence-corrected chi connectivity index (χ2v) is 9.48. The predicted octanol–water partition coefficient (Wildman–Crippen LogP) is 5.08. The number of thioether (sulfide) groups is 1. The highest BCUT2D eigenvalue weighted by molar-refractivity contribution is 8.00. The van der Waals surface area contributed by atoms with E-state index in [9.17, 15) is 14.4 Å². The molecule has 1 N–H and O–H groups in total. The molecule has 6 nitrogen and oxygen atoms in total. The molecule has 34 heavy (non-hydrogen) atoms. The van der Waals surface area contributed by atoms with Crippen LogP contribution in [-0.2, 0) is 11.3 Å². The van der Waals surface area contributed by atoms with Crippen LogP contribution in [0.15, 0.2) is 82.7 Å². The summed E-state index contributed by atoms with van der Waals surface area (Å²) < 4.78 is 1.63. The Morgan fingerprint density at radius 1 is 1.00 bits per heavy atom. The fraction of sp³-hybridized carbons (Fsp3) is 0.185. The van der Waals surface area contributed by atoms with Gasteiger partial charge in [0.05, 0.1) is 22.7 Å². The zero-order chi connectivity index (χ0) is 24.2. The highest BCUT2D eigenvalue weighted by Crippen LogP contribution is 2.24. The Morgan fingerprint density at radius 2 is 1.68 bits per heavy atom. The first kappa shape index (κ1) is 23.4. The summed E-state index contributed by atoms with van der Waals surface area (Å²) in [4.78, 5) is 42.4. The molecule has 0 fully saturated rings. The van der Waals surface area contributed by atoms with Crippen molar-refractivity contribution in [3.8, 4) is 0 Å². The fourth-order valence-electron chi connectivity index (χ4n) is 3.50. The number of aromatic nitrogens is 2. The zero-order valence-electron chi connectivity index (χ0n) is 19.2. The van der Waals surface area contributed by atoms with Gasteiger partial charge < -0.3 is 5.32 Å². The maximum atomic E-state index is 13.3. The van der Waals surface area contributed by atoms with E-state index in [2.05, 4.69) is 5.32 Å². The third-order valence-electron chi connectivity index (χ3n) is 5.50. The molecule has 0 radical (unpaired) electrons. The standard InChI is InChI=1S/C27H25N3O3S/c1-17-8-10-20(11-9-17)16-30-26(33)23-6-4-5-7-24(23)29-27(30)34-19(3)25(32)28-22-14-12-21(13-15-22)18(2)31/h4-15,19H,16H2,1-3H3,(H,28,32). The van der Waals surface area contributed by atoms with Crippen molar-refractivity contribution in [3.05, 3.63) is 99.8 Å². The van der Waals surface area contributed by atoms with Gasteiger partial charge in [-0.2, -0.15) is 0 Å². The average molecular weight is 472 g/mol. The zero-order valence-corrected chi connectivity index (χ0v) is 20.1. The van der Waals surface area contributed by atoms with Gasteiger partial charge in [-0.3, -0.25) is 19.0 Å². The van der Waals surface area contributed by atoms with Gasteiger partial charge in [0.15, 0.2) is 10.9 Å². The Labute approximate surface area is 202 Å². The van der Waals surface area contributed by atoms with Crippen molar-refractivity contribution in [1.29, 1.82) is 0 Å². The second-order valence-electron chi connectivity index (χ2n) is 8.17. The van der Waals surface area contributed by atoms with Crippen LogP contribution >= 0.6 is 11.8 Å². The van der Waals surface area contributed by atoms with Crippen molar-refractivity contribution in [2.24, 2.45) is 0 Å². The molecule has 1 aromatic heterocycles. The van der Waals surface area contributed by atoms with Gasteiger partial charge in [0.2, 0.25) is 5.91 Å². The number of para-hydroxylation sites is 1. The lowest BCUT2D eigenvalue weighted by molar-refractivity contribution is -0.115. The number of carbonyl (C=O) groups excluding carboxylic acids is 2. The lowest BCUT2D eigenvalue weighted by Crippen LogP contribution is -2.27. The van der Waals surface area contributed by atoms with E-state index in [1.165, 1.54) is 18.7 Å². The van der Waals surface area contributed by atoms with Crippen LogP contribution < -0.4 is 10.9 Å². The van der Waals surface area contributed by atoms with E-state index in [-0.39, 0.29) is 17.2 Å². The molecule has 172 valence electrons. The van der Waals surface area contributed by atoms with Crippen molar-refractivity contribution in [2.45, 2.75) is 37.7 Å².